The largest absolute Gasteiger partial charge is 0.412 e. The van der Waals surface area contributed by atoms with E-state index in [1.165, 1.54) is 0 Å². The van der Waals surface area contributed by atoms with E-state index in [2.05, 4.69) is 78.6 Å². The molecule has 9 heteroatoms. The highest BCUT2D eigenvalue weighted by Crippen LogP contribution is 2.38. The second-order valence-corrected chi connectivity index (χ2v) is 29.0. The van der Waals surface area contributed by atoms with E-state index in [1.54, 1.807) is 0 Å². The van der Waals surface area contributed by atoms with Crippen LogP contribution in [0.1, 0.15) is 0 Å². The lowest BCUT2D eigenvalue weighted by Crippen LogP contribution is -2.59. The van der Waals surface area contributed by atoms with Crippen molar-refractivity contribution in [3.05, 3.63) is 0 Å². The van der Waals surface area contributed by atoms with E-state index in [9.17, 15) is 0 Å². The minimum atomic E-state index is -1.89. The average molecular weight is 439 g/mol. The Bertz CT molecular complexity index is 462. The summed E-state index contributed by atoms with van der Waals surface area (Å²) in [7, 11) is -7.19. The number of hydrogen-bond donors (Lipinski definition) is 0. The molecule has 0 aliphatic carbocycles. The molecule has 5 nitrogen and oxygen atoms in total. The summed E-state index contributed by atoms with van der Waals surface area (Å²) in [4.78, 5) is 0. The van der Waals surface area contributed by atoms with Gasteiger partial charge in [-0.05, 0) is 78.6 Å². The third kappa shape index (κ3) is 8.78. The summed E-state index contributed by atoms with van der Waals surface area (Å²) < 4.78 is 32.3. The van der Waals surface area contributed by atoms with Crippen LogP contribution in [0.15, 0.2) is 0 Å². The van der Waals surface area contributed by atoms with Crippen molar-refractivity contribution in [2.24, 2.45) is 0 Å². The van der Waals surface area contributed by atoms with Crippen LogP contribution in [0.25, 0.3) is 0 Å². The molecule has 0 N–H and O–H groups in total. The fourth-order valence-corrected chi connectivity index (χ4v) is 6.95. The summed E-state index contributed by atoms with van der Waals surface area (Å²) in [6.07, 6.45) is -0.348. The topological polar surface area (TPSA) is 46.2 Å². The second-order valence-electron chi connectivity index (χ2n) is 11.2. The fourth-order valence-electron chi connectivity index (χ4n) is 2.85. The second kappa shape index (κ2) is 8.19. The normalized spacial score (nSPS) is 28.6. The molecule has 0 amide bonds. The van der Waals surface area contributed by atoms with Gasteiger partial charge < -0.3 is 22.4 Å². The van der Waals surface area contributed by atoms with E-state index in [0.29, 0.717) is 13.2 Å². The minimum Gasteiger partial charge on any atom is -0.412 e. The van der Waals surface area contributed by atoms with Gasteiger partial charge in [0.1, 0.15) is 6.10 Å². The maximum atomic E-state index is 6.63. The Morgan fingerprint density at radius 3 is 1.62 bits per heavy atom. The molecule has 1 saturated heterocycles. The van der Waals surface area contributed by atoms with Crippen LogP contribution in [0, 0.1) is 0 Å². The molecule has 0 unspecified atom stereocenters. The Morgan fingerprint density at radius 2 is 1.23 bits per heavy atom. The third-order valence-corrected chi connectivity index (χ3v) is 7.37. The first kappa shape index (κ1) is 24.7. The number of hydrogen-bond acceptors (Lipinski definition) is 5. The van der Waals surface area contributed by atoms with E-state index in [4.69, 9.17) is 22.4 Å². The molecule has 0 bridgehead atoms. The van der Waals surface area contributed by atoms with Crippen LogP contribution in [0.4, 0.5) is 0 Å². The Hall–Kier alpha value is 0.668. The van der Waals surface area contributed by atoms with Gasteiger partial charge in [0.2, 0.25) is 5.79 Å². The quantitative estimate of drug-likeness (QED) is 0.481. The Balaban J connectivity index is 3.23. The Kier molecular flexibility index (Phi) is 7.78. The first-order valence-corrected chi connectivity index (χ1v) is 23.3. The zero-order valence-corrected chi connectivity index (χ0v) is 23.1. The molecule has 3 atom stereocenters. The van der Waals surface area contributed by atoms with Crippen molar-refractivity contribution in [3.8, 4) is 0 Å². The maximum absolute atomic E-state index is 6.63. The van der Waals surface area contributed by atoms with Crippen molar-refractivity contribution in [3.63, 3.8) is 0 Å². The van der Waals surface area contributed by atoms with Crippen LogP contribution in [0.2, 0.25) is 78.6 Å². The highest BCUT2D eigenvalue weighted by molar-refractivity contribution is 6.71. The van der Waals surface area contributed by atoms with Crippen LogP contribution in [-0.2, 0) is 22.4 Å². The molecule has 1 aliphatic rings. The van der Waals surface area contributed by atoms with E-state index in [1.807, 2.05) is 0 Å². The van der Waals surface area contributed by atoms with Gasteiger partial charge in [-0.2, -0.15) is 0 Å². The molecule has 156 valence electrons. The van der Waals surface area contributed by atoms with E-state index >= 15 is 0 Å². The molecule has 1 fully saturated rings. The molecule has 1 rings (SSSR count). The maximum Gasteiger partial charge on any atom is 0.209 e. The molecule has 0 radical (unpaired) electrons. The minimum absolute atomic E-state index is 0.102. The van der Waals surface area contributed by atoms with Crippen molar-refractivity contribution >= 4 is 33.3 Å². The molecule has 1 aliphatic heterocycles. The van der Waals surface area contributed by atoms with Gasteiger partial charge in [-0.15, -0.1) is 0 Å². The van der Waals surface area contributed by atoms with Gasteiger partial charge in [-0.3, -0.25) is 0 Å². The van der Waals surface area contributed by atoms with Crippen molar-refractivity contribution in [1.29, 1.82) is 0 Å². The predicted octanol–water partition coefficient (Wildman–Crippen LogP) is 4.86. The molecule has 1 heterocycles. The van der Waals surface area contributed by atoms with Crippen LogP contribution in [-0.4, -0.2) is 64.5 Å². The van der Waals surface area contributed by atoms with Gasteiger partial charge in [-0.25, -0.2) is 0 Å². The lowest BCUT2D eigenvalue weighted by atomic mass is 10.1. The molecule has 26 heavy (non-hydrogen) atoms. The highest BCUT2D eigenvalue weighted by atomic mass is 28.4. The number of ether oxygens (including phenoxy) is 1. The summed E-state index contributed by atoms with van der Waals surface area (Å²) >= 11 is 0. The van der Waals surface area contributed by atoms with Gasteiger partial charge >= 0.3 is 0 Å². The van der Waals surface area contributed by atoms with Crippen LogP contribution in [0.5, 0.6) is 0 Å². The summed E-state index contributed by atoms with van der Waals surface area (Å²) in [5.74, 6) is -0.866. The highest BCUT2D eigenvalue weighted by Gasteiger charge is 2.56. The fraction of sp³-hybridized carbons (Fsp3) is 1.00. The van der Waals surface area contributed by atoms with Gasteiger partial charge in [0, 0.05) is 0 Å². The molecular weight excluding hydrogens is 397 g/mol. The van der Waals surface area contributed by atoms with Gasteiger partial charge in [0.05, 0.1) is 19.3 Å². The smallest absolute Gasteiger partial charge is 0.209 e. The zero-order chi connectivity index (χ0) is 20.6. The standard InChI is InChI=1S/C17H42O5Si4/c1-23(2,3)19-14-17(22-26(10,11)12)16(21-25(7,8)9)15(13-18-17)20-24(4,5)6/h15-16H,13-14H2,1-12H3/t15-,16-,17+/m1/s1. The lowest BCUT2D eigenvalue weighted by molar-refractivity contribution is -0.214. The molecule has 0 saturated carbocycles. The molecule has 0 spiro atoms. The molecule has 0 aromatic heterocycles. The molecular formula is C17H42O5Si4. The average Bonchev–Trinajstić information content (AvgIpc) is 2.60. The predicted molar refractivity (Wildman–Crippen MR) is 119 cm³/mol. The van der Waals surface area contributed by atoms with Crippen molar-refractivity contribution in [2.45, 2.75) is 96.6 Å². The monoisotopic (exact) mass is 438 g/mol. The Labute approximate surface area is 165 Å². The first-order chi connectivity index (χ1) is 11.3. The van der Waals surface area contributed by atoms with E-state index in [0.717, 1.165) is 0 Å². The van der Waals surface area contributed by atoms with Gasteiger partial charge in [0.15, 0.2) is 33.3 Å². The number of rotatable bonds is 9. The zero-order valence-electron chi connectivity index (χ0n) is 19.1. The van der Waals surface area contributed by atoms with E-state index in [-0.39, 0.29) is 12.2 Å². The lowest BCUT2D eigenvalue weighted by Gasteiger charge is -2.43. The first-order valence-electron chi connectivity index (χ1n) is 9.66. The van der Waals surface area contributed by atoms with Crippen molar-refractivity contribution in [1.82, 2.24) is 0 Å². The SMILES string of the molecule is C[Si](C)(C)OC[C@@]1(O[Si](C)(C)C)OC[C@@H](O[Si](C)(C)C)[C@H]1O[Si](C)(C)C. The summed E-state index contributed by atoms with van der Waals surface area (Å²) in [6, 6.07) is 0. The van der Waals surface area contributed by atoms with Crippen molar-refractivity contribution in [2.75, 3.05) is 13.2 Å². The summed E-state index contributed by atoms with van der Waals surface area (Å²) in [6.45, 7) is 27.3. The molecule has 0 aromatic carbocycles. The van der Waals surface area contributed by atoms with Crippen LogP contribution in [0.3, 0.4) is 0 Å². The van der Waals surface area contributed by atoms with Gasteiger partial charge in [-0.1, -0.05) is 0 Å². The van der Waals surface area contributed by atoms with Gasteiger partial charge in [0.25, 0.3) is 0 Å². The third-order valence-electron chi connectivity index (χ3n) is 3.43. The van der Waals surface area contributed by atoms with E-state index < -0.39 is 39.1 Å². The van der Waals surface area contributed by atoms with Crippen LogP contribution >= 0.6 is 0 Å². The Morgan fingerprint density at radius 1 is 0.731 bits per heavy atom. The van der Waals surface area contributed by atoms with Crippen LogP contribution < -0.4 is 0 Å². The summed E-state index contributed by atoms with van der Waals surface area (Å²) in [5.41, 5.74) is 0. The summed E-state index contributed by atoms with van der Waals surface area (Å²) in [5, 5.41) is 0. The molecule has 0 aromatic rings. The van der Waals surface area contributed by atoms with Crippen molar-refractivity contribution < 1.29 is 22.4 Å².